The molecule has 0 saturated carbocycles. The van der Waals surface area contributed by atoms with E-state index < -0.39 is 11.3 Å². The van der Waals surface area contributed by atoms with Crippen molar-refractivity contribution >= 4 is 17.6 Å². The third-order valence-corrected chi connectivity index (χ3v) is 6.59. The van der Waals surface area contributed by atoms with E-state index in [1.54, 1.807) is 6.07 Å². The zero-order valence-corrected chi connectivity index (χ0v) is 17.9. The number of hydrogen-bond donors (Lipinski definition) is 1. The summed E-state index contributed by atoms with van der Waals surface area (Å²) in [6.45, 7) is 1.53. The Morgan fingerprint density at radius 2 is 1.94 bits per heavy atom. The highest BCUT2D eigenvalue weighted by Crippen LogP contribution is 2.54. The van der Waals surface area contributed by atoms with Gasteiger partial charge < -0.3 is 24.8 Å². The summed E-state index contributed by atoms with van der Waals surface area (Å²) in [6.07, 6.45) is 0.830. The lowest BCUT2D eigenvalue weighted by Gasteiger charge is -2.24. The maximum atomic E-state index is 13.4. The molecule has 1 unspecified atom stereocenters. The minimum Gasteiger partial charge on any atom is -0.493 e. The third kappa shape index (κ3) is 3.03. The predicted molar refractivity (Wildman–Crippen MR) is 121 cm³/mol. The van der Waals surface area contributed by atoms with Crippen LogP contribution in [0.1, 0.15) is 22.3 Å². The molecule has 6 rings (SSSR count). The van der Waals surface area contributed by atoms with Crippen LogP contribution in [-0.4, -0.2) is 31.6 Å². The monoisotopic (exact) mass is 442 g/mol. The van der Waals surface area contributed by atoms with E-state index in [4.69, 9.17) is 19.9 Å². The fourth-order valence-corrected chi connectivity index (χ4v) is 5.14. The highest BCUT2D eigenvalue weighted by atomic mass is 16.5. The number of anilines is 1. The highest BCUT2D eigenvalue weighted by Gasteiger charge is 2.56. The van der Waals surface area contributed by atoms with Crippen molar-refractivity contribution in [1.29, 1.82) is 0 Å². The Kier molecular flexibility index (Phi) is 4.33. The van der Waals surface area contributed by atoms with Crippen molar-refractivity contribution in [3.8, 4) is 17.2 Å². The van der Waals surface area contributed by atoms with E-state index in [0.717, 1.165) is 40.1 Å². The summed E-state index contributed by atoms with van der Waals surface area (Å²) in [5, 5.41) is 0. The number of fused-ring (bicyclic) bond motifs is 5. The molecule has 0 bridgehead atoms. The SMILES string of the molecule is NC(=O)COc1cccc(CN2CC3(C(=O)Oc4cc5c(cc43)CCO5)c3ccccc32)c1. The number of para-hydroxylation sites is 1. The number of esters is 1. The molecule has 0 saturated heterocycles. The minimum absolute atomic E-state index is 0.171. The summed E-state index contributed by atoms with van der Waals surface area (Å²) in [5.74, 6) is 1.18. The number of amides is 1. The lowest BCUT2D eigenvalue weighted by atomic mass is 9.76. The molecule has 2 N–H and O–H groups in total. The number of hydrogen-bond acceptors (Lipinski definition) is 6. The Hall–Kier alpha value is -4.00. The Morgan fingerprint density at radius 1 is 1.06 bits per heavy atom. The number of rotatable bonds is 5. The molecule has 33 heavy (non-hydrogen) atoms. The Bertz CT molecular complexity index is 1300. The zero-order valence-electron chi connectivity index (χ0n) is 17.9. The van der Waals surface area contributed by atoms with Crippen molar-refractivity contribution < 1.29 is 23.8 Å². The van der Waals surface area contributed by atoms with Gasteiger partial charge in [-0.1, -0.05) is 30.3 Å². The number of primary amides is 1. The molecule has 7 heteroatoms. The van der Waals surface area contributed by atoms with Gasteiger partial charge in [0, 0.05) is 36.8 Å². The number of nitrogens with two attached hydrogens (primary N) is 1. The second kappa shape index (κ2) is 7.27. The summed E-state index contributed by atoms with van der Waals surface area (Å²) in [4.78, 5) is 26.6. The molecule has 0 fully saturated rings. The van der Waals surface area contributed by atoms with E-state index in [9.17, 15) is 9.59 Å². The van der Waals surface area contributed by atoms with Gasteiger partial charge in [-0.25, -0.2) is 0 Å². The first-order valence-electron chi connectivity index (χ1n) is 10.9. The largest absolute Gasteiger partial charge is 0.493 e. The van der Waals surface area contributed by atoms with Crippen LogP contribution in [-0.2, 0) is 28.0 Å². The van der Waals surface area contributed by atoms with E-state index in [1.165, 1.54) is 0 Å². The van der Waals surface area contributed by atoms with Gasteiger partial charge in [-0.2, -0.15) is 0 Å². The van der Waals surface area contributed by atoms with Crippen molar-refractivity contribution in [2.75, 3.05) is 24.7 Å². The van der Waals surface area contributed by atoms with Gasteiger partial charge in [-0.05, 0) is 41.0 Å². The van der Waals surface area contributed by atoms with Gasteiger partial charge in [0.2, 0.25) is 0 Å². The van der Waals surface area contributed by atoms with Crippen LogP contribution in [0.4, 0.5) is 5.69 Å². The average molecular weight is 442 g/mol. The first-order chi connectivity index (χ1) is 16.0. The Balaban J connectivity index is 1.38. The first kappa shape index (κ1) is 19.7. The maximum absolute atomic E-state index is 13.4. The second-order valence-electron chi connectivity index (χ2n) is 8.63. The zero-order chi connectivity index (χ0) is 22.6. The van der Waals surface area contributed by atoms with E-state index in [1.807, 2.05) is 48.5 Å². The van der Waals surface area contributed by atoms with Crippen LogP contribution >= 0.6 is 0 Å². The smallest absolute Gasteiger partial charge is 0.328 e. The van der Waals surface area contributed by atoms with Gasteiger partial charge in [0.15, 0.2) is 6.61 Å². The quantitative estimate of drug-likeness (QED) is 0.483. The maximum Gasteiger partial charge on any atom is 0.328 e. The molecule has 3 aromatic carbocycles. The topological polar surface area (TPSA) is 91.1 Å². The molecule has 1 amide bonds. The van der Waals surface area contributed by atoms with Crippen molar-refractivity contribution in [2.24, 2.45) is 5.73 Å². The summed E-state index contributed by atoms with van der Waals surface area (Å²) >= 11 is 0. The van der Waals surface area contributed by atoms with Crippen molar-refractivity contribution in [2.45, 2.75) is 18.4 Å². The highest BCUT2D eigenvalue weighted by molar-refractivity contribution is 5.99. The summed E-state index contributed by atoms with van der Waals surface area (Å²) in [7, 11) is 0. The van der Waals surface area contributed by atoms with Gasteiger partial charge in [0.1, 0.15) is 22.7 Å². The fourth-order valence-electron chi connectivity index (χ4n) is 5.14. The molecular weight excluding hydrogens is 420 g/mol. The molecule has 0 aromatic heterocycles. The predicted octanol–water partition coefficient (Wildman–Crippen LogP) is 2.71. The van der Waals surface area contributed by atoms with E-state index in [0.29, 0.717) is 31.2 Å². The molecule has 3 heterocycles. The molecule has 0 radical (unpaired) electrons. The van der Waals surface area contributed by atoms with Crippen LogP contribution in [0.5, 0.6) is 17.2 Å². The molecule has 7 nitrogen and oxygen atoms in total. The summed E-state index contributed by atoms with van der Waals surface area (Å²) in [5.41, 5.74) is 9.29. The molecule has 0 aliphatic carbocycles. The van der Waals surface area contributed by atoms with Crippen LogP contribution in [0.3, 0.4) is 0 Å². The van der Waals surface area contributed by atoms with Gasteiger partial charge in [-0.3, -0.25) is 9.59 Å². The first-order valence-corrected chi connectivity index (χ1v) is 10.9. The number of carbonyl (C=O) groups is 2. The number of carbonyl (C=O) groups excluding carboxylic acids is 2. The minimum atomic E-state index is -0.871. The van der Waals surface area contributed by atoms with Crippen LogP contribution < -0.4 is 24.8 Å². The number of benzene rings is 3. The van der Waals surface area contributed by atoms with Gasteiger partial charge in [0.05, 0.1) is 6.61 Å². The molecule has 3 aliphatic heterocycles. The molecular formula is C26H22N2O5. The molecule has 3 aliphatic rings. The van der Waals surface area contributed by atoms with Crippen LogP contribution in [0.15, 0.2) is 60.7 Å². The van der Waals surface area contributed by atoms with Crippen LogP contribution in [0.2, 0.25) is 0 Å². The standard InChI is InChI=1S/C26H22N2O5/c27-24(29)14-32-18-5-3-4-16(10-18)13-28-15-26(19-6-1-2-7-21(19)28)20-11-17-8-9-31-22(17)12-23(20)33-25(26)30/h1-7,10-12H,8-9,13-15H2,(H2,27,29). The summed E-state index contributed by atoms with van der Waals surface area (Å²) in [6, 6.07) is 19.5. The van der Waals surface area contributed by atoms with Crippen molar-refractivity contribution in [1.82, 2.24) is 0 Å². The molecule has 166 valence electrons. The van der Waals surface area contributed by atoms with Crippen molar-refractivity contribution in [3.05, 3.63) is 82.9 Å². The van der Waals surface area contributed by atoms with E-state index in [2.05, 4.69) is 11.0 Å². The van der Waals surface area contributed by atoms with Crippen LogP contribution in [0, 0.1) is 0 Å². The lowest BCUT2D eigenvalue weighted by molar-refractivity contribution is -0.136. The Morgan fingerprint density at radius 3 is 2.82 bits per heavy atom. The number of ether oxygens (including phenoxy) is 3. The second-order valence-corrected chi connectivity index (χ2v) is 8.63. The molecule has 1 spiro atoms. The molecule has 3 aromatic rings. The fraction of sp³-hybridized carbons (Fsp3) is 0.231. The van der Waals surface area contributed by atoms with E-state index >= 15 is 0 Å². The third-order valence-electron chi connectivity index (χ3n) is 6.59. The summed E-state index contributed by atoms with van der Waals surface area (Å²) < 4.78 is 16.9. The Labute approximate surface area is 190 Å². The van der Waals surface area contributed by atoms with E-state index in [-0.39, 0.29) is 12.6 Å². The van der Waals surface area contributed by atoms with Gasteiger partial charge in [-0.15, -0.1) is 0 Å². The molecule has 1 atom stereocenters. The van der Waals surface area contributed by atoms with Gasteiger partial charge in [0.25, 0.3) is 5.91 Å². The normalized spacial score (nSPS) is 19.6. The lowest BCUT2D eigenvalue weighted by Crippen LogP contribution is -2.40. The number of nitrogens with zero attached hydrogens (tertiary/aromatic N) is 1. The van der Waals surface area contributed by atoms with Crippen LogP contribution in [0.25, 0.3) is 0 Å². The average Bonchev–Trinajstić information content (AvgIpc) is 3.47. The van der Waals surface area contributed by atoms with Crippen molar-refractivity contribution in [3.63, 3.8) is 0 Å². The van der Waals surface area contributed by atoms with Gasteiger partial charge >= 0.3 is 5.97 Å².